The minimum absolute atomic E-state index is 0.906. The highest BCUT2D eigenvalue weighted by molar-refractivity contribution is 4.83. The Morgan fingerprint density at radius 2 is 1.47 bits per heavy atom. The molecule has 1 heterocycles. The third-order valence-electron chi connectivity index (χ3n) is 4.98. The maximum Gasteiger partial charge on any atom is 0.0121 e. The lowest BCUT2D eigenvalue weighted by Gasteiger charge is -2.29. The quantitative estimate of drug-likeness (QED) is 0.438. The number of hydrogen-bond donors (Lipinski definition) is 0. The van der Waals surface area contributed by atoms with Gasteiger partial charge >= 0.3 is 0 Å². The molecule has 0 amide bonds. The molecule has 1 nitrogen and oxygen atoms in total. The molecule has 0 spiro atoms. The maximum atomic E-state index is 2.64. The highest BCUT2D eigenvalue weighted by Gasteiger charge is 2.28. The molecular formula is C18H37N. The molecule has 1 heteroatoms. The number of likely N-dealkylation sites (tertiary alicyclic amines) is 1. The molecule has 0 aromatic carbocycles. The van der Waals surface area contributed by atoms with Crippen LogP contribution < -0.4 is 0 Å². The van der Waals surface area contributed by atoms with Crippen LogP contribution in [0.5, 0.6) is 0 Å². The molecule has 1 aliphatic heterocycles. The lowest BCUT2D eigenvalue weighted by molar-refractivity contribution is 0.200. The minimum Gasteiger partial charge on any atom is -0.303 e. The molecule has 0 aromatic heterocycles. The Hall–Kier alpha value is -0.0400. The van der Waals surface area contributed by atoms with Gasteiger partial charge in [-0.1, -0.05) is 65.2 Å². The monoisotopic (exact) mass is 267 g/mol. The Morgan fingerprint density at radius 1 is 0.895 bits per heavy atom. The van der Waals surface area contributed by atoms with E-state index in [-0.39, 0.29) is 0 Å². The fourth-order valence-corrected chi connectivity index (χ4v) is 3.73. The van der Waals surface area contributed by atoms with Gasteiger partial charge in [0, 0.05) is 6.04 Å². The van der Waals surface area contributed by atoms with Gasteiger partial charge in [-0.3, -0.25) is 0 Å². The van der Waals surface area contributed by atoms with Crippen LogP contribution in [0.15, 0.2) is 0 Å². The highest BCUT2D eigenvalue weighted by atomic mass is 15.1. The summed E-state index contributed by atoms with van der Waals surface area (Å²) in [6.07, 6.45) is 17.3. The molecule has 1 aliphatic rings. The summed E-state index contributed by atoms with van der Waals surface area (Å²) < 4.78 is 0. The van der Waals surface area contributed by atoms with Gasteiger partial charge in [0.05, 0.1) is 0 Å². The topological polar surface area (TPSA) is 3.24 Å². The molecule has 0 radical (unpaired) electrons. The van der Waals surface area contributed by atoms with Crippen LogP contribution in [0.3, 0.4) is 0 Å². The third-order valence-corrected chi connectivity index (χ3v) is 4.98. The van der Waals surface area contributed by atoms with Gasteiger partial charge in [-0.25, -0.2) is 0 Å². The maximum absolute atomic E-state index is 2.64. The first-order chi connectivity index (χ1) is 9.29. The van der Waals surface area contributed by atoms with E-state index in [4.69, 9.17) is 0 Å². The molecule has 1 fully saturated rings. The second kappa shape index (κ2) is 10.7. The average molecular weight is 268 g/mol. The lowest BCUT2D eigenvalue weighted by Crippen LogP contribution is -2.32. The van der Waals surface area contributed by atoms with Crippen molar-refractivity contribution in [1.29, 1.82) is 0 Å². The molecular weight excluding hydrogens is 230 g/mol. The van der Waals surface area contributed by atoms with Crippen LogP contribution in [-0.2, 0) is 0 Å². The number of unbranched alkanes of at least 4 members (excludes halogenated alkanes) is 6. The van der Waals surface area contributed by atoms with Crippen molar-refractivity contribution in [3.8, 4) is 0 Å². The van der Waals surface area contributed by atoms with Gasteiger partial charge in [0.1, 0.15) is 0 Å². The Bertz CT molecular complexity index is 190. The van der Waals surface area contributed by atoms with E-state index in [0.29, 0.717) is 0 Å². The molecule has 114 valence electrons. The SMILES string of the molecule is CCCCCCC(CCCCCC)C1CCCN1C. The Morgan fingerprint density at radius 3 is 1.89 bits per heavy atom. The van der Waals surface area contributed by atoms with E-state index in [9.17, 15) is 0 Å². The molecule has 0 saturated carbocycles. The van der Waals surface area contributed by atoms with Crippen LogP contribution in [0.4, 0.5) is 0 Å². The van der Waals surface area contributed by atoms with E-state index in [1.165, 1.54) is 83.6 Å². The van der Waals surface area contributed by atoms with Crippen molar-refractivity contribution in [2.75, 3.05) is 13.6 Å². The molecule has 19 heavy (non-hydrogen) atoms. The van der Waals surface area contributed by atoms with Gasteiger partial charge in [-0.15, -0.1) is 0 Å². The summed E-state index contributed by atoms with van der Waals surface area (Å²) in [6.45, 7) is 5.96. The molecule has 1 unspecified atom stereocenters. The predicted molar refractivity (Wildman–Crippen MR) is 86.7 cm³/mol. The van der Waals surface area contributed by atoms with Crippen LogP contribution in [0.2, 0.25) is 0 Å². The zero-order chi connectivity index (χ0) is 13.9. The summed E-state index contributed by atoms with van der Waals surface area (Å²) in [5, 5.41) is 0. The summed E-state index contributed by atoms with van der Waals surface area (Å²) in [5.74, 6) is 0.987. The summed E-state index contributed by atoms with van der Waals surface area (Å²) in [5.41, 5.74) is 0. The summed E-state index contributed by atoms with van der Waals surface area (Å²) in [4.78, 5) is 2.64. The van der Waals surface area contributed by atoms with E-state index < -0.39 is 0 Å². The van der Waals surface area contributed by atoms with Crippen molar-refractivity contribution in [3.63, 3.8) is 0 Å². The predicted octanol–water partition coefficient (Wildman–Crippen LogP) is 5.64. The molecule has 0 bridgehead atoms. The van der Waals surface area contributed by atoms with Gasteiger partial charge < -0.3 is 4.90 Å². The summed E-state index contributed by atoms with van der Waals surface area (Å²) >= 11 is 0. The second-order valence-corrected chi connectivity index (χ2v) is 6.65. The van der Waals surface area contributed by atoms with Crippen LogP contribution in [0.1, 0.15) is 90.9 Å². The van der Waals surface area contributed by atoms with Crippen molar-refractivity contribution in [2.45, 2.75) is 96.9 Å². The molecule has 0 aromatic rings. The lowest BCUT2D eigenvalue weighted by atomic mass is 9.87. The first-order valence-electron chi connectivity index (χ1n) is 8.99. The van der Waals surface area contributed by atoms with E-state index in [1.54, 1.807) is 0 Å². The van der Waals surface area contributed by atoms with E-state index in [0.717, 1.165) is 12.0 Å². The first kappa shape index (κ1) is 17.0. The summed E-state index contributed by atoms with van der Waals surface area (Å²) in [7, 11) is 2.35. The van der Waals surface area contributed by atoms with Gasteiger partial charge in [-0.05, 0) is 45.2 Å². The van der Waals surface area contributed by atoms with Crippen LogP contribution in [0.25, 0.3) is 0 Å². The van der Waals surface area contributed by atoms with E-state index >= 15 is 0 Å². The smallest absolute Gasteiger partial charge is 0.0121 e. The fourth-order valence-electron chi connectivity index (χ4n) is 3.73. The van der Waals surface area contributed by atoms with Gasteiger partial charge in [0.2, 0.25) is 0 Å². The van der Waals surface area contributed by atoms with E-state index in [2.05, 4.69) is 25.8 Å². The van der Waals surface area contributed by atoms with Gasteiger partial charge in [0.25, 0.3) is 0 Å². The highest BCUT2D eigenvalue weighted by Crippen LogP contribution is 2.30. The average Bonchev–Trinajstić information content (AvgIpc) is 2.83. The largest absolute Gasteiger partial charge is 0.303 e. The molecule has 1 saturated heterocycles. The van der Waals surface area contributed by atoms with Crippen LogP contribution in [0, 0.1) is 5.92 Å². The van der Waals surface area contributed by atoms with Gasteiger partial charge in [0.15, 0.2) is 0 Å². The second-order valence-electron chi connectivity index (χ2n) is 6.65. The van der Waals surface area contributed by atoms with E-state index in [1.807, 2.05) is 0 Å². The molecule has 1 rings (SSSR count). The number of nitrogens with zero attached hydrogens (tertiary/aromatic N) is 1. The molecule has 0 aliphatic carbocycles. The fraction of sp³-hybridized carbons (Fsp3) is 1.00. The molecule has 0 N–H and O–H groups in total. The Balaban J connectivity index is 2.29. The Labute approximate surface area is 122 Å². The van der Waals surface area contributed by atoms with Gasteiger partial charge in [-0.2, -0.15) is 0 Å². The third kappa shape index (κ3) is 6.79. The van der Waals surface area contributed by atoms with Crippen molar-refractivity contribution >= 4 is 0 Å². The summed E-state index contributed by atoms with van der Waals surface area (Å²) in [6, 6.07) is 0.906. The minimum atomic E-state index is 0.906. The standard InChI is InChI=1S/C18H37N/c1-4-6-8-10-13-17(14-11-9-7-5-2)18-15-12-16-19(18)3/h17-18H,4-16H2,1-3H3. The first-order valence-corrected chi connectivity index (χ1v) is 8.99. The van der Waals surface area contributed by atoms with Crippen LogP contribution in [-0.4, -0.2) is 24.5 Å². The normalized spacial score (nSPS) is 20.5. The number of rotatable bonds is 11. The number of hydrogen-bond acceptors (Lipinski definition) is 1. The Kier molecular flexibility index (Phi) is 9.59. The van der Waals surface area contributed by atoms with Crippen molar-refractivity contribution < 1.29 is 0 Å². The zero-order valence-corrected chi connectivity index (χ0v) is 13.8. The van der Waals surface area contributed by atoms with Crippen molar-refractivity contribution in [3.05, 3.63) is 0 Å². The zero-order valence-electron chi connectivity index (χ0n) is 13.8. The van der Waals surface area contributed by atoms with Crippen molar-refractivity contribution in [1.82, 2.24) is 4.90 Å². The van der Waals surface area contributed by atoms with Crippen molar-refractivity contribution in [2.24, 2.45) is 5.92 Å². The molecule has 1 atom stereocenters. The van der Waals surface area contributed by atoms with Crippen LogP contribution >= 0.6 is 0 Å².